The van der Waals surface area contributed by atoms with Gasteiger partial charge in [-0.25, -0.2) is 9.59 Å². The fraction of sp³-hybridized carbons (Fsp3) is 0.733. The van der Waals surface area contributed by atoms with Gasteiger partial charge in [-0.05, 0) is 52.0 Å². The molecule has 2 N–H and O–H groups in total. The van der Waals surface area contributed by atoms with Gasteiger partial charge in [-0.3, -0.25) is 0 Å². The van der Waals surface area contributed by atoms with E-state index in [1.54, 1.807) is 20.8 Å². The van der Waals surface area contributed by atoms with Crippen LogP contribution < -0.4 is 5.32 Å². The molecule has 1 rings (SSSR count). The summed E-state index contributed by atoms with van der Waals surface area (Å²) in [6.07, 6.45) is 0.510. The molecule has 27 heavy (non-hydrogen) atoms. The first-order valence-corrected chi connectivity index (χ1v) is 9.43. The monoisotopic (exact) mass is 417 g/mol. The van der Waals surface area contributed by atoms with Crippen molar-refractivity contribution < 1.29 is 45.2 Å². The number of hydrogen-bond acceptors (Lipinski definition) is 6. The number of alkyl halides is 3. The van der Waals surface area contributed by atoms with Crippen LogP contribution in [-0.2, 0) is 23.8 Å². The highest BCUT2D eigenvalue weighted by atomic mass is 32.2. The zero-order chi connectivity index (χ0) is 21.0. The van der Waals surface area contributed by atoms with Crippen LogP contribution in [0.4, 0.5) is 18.0 Å². The van der Waals surface area contributed by atoms with E-state index >= 15 is 0 Å². The zero-order valence-electron chi connectivity index (χ0n) is 15.0. The lowest BCUT2D eigenvalue weighted by Crippen LogP contribution is -2.44. The highest BCUT2D eigenvalue weighted by molar-refractivity contribution is 7.87. The number of hydrogen-bond donors (Lipinski definition) is 2. The predicted molar refractivity (Wildman–Crippen MR) is 86.9 cm³/mol. The van der Waals surface area contributed by atoms with Gasteiger partial charge < -0.3 is 19.3 Å². The van der Waals surface area contributed by atoms with Crippen LogP contribution in [0.5, 0.6) is 0 Å². The lowest BCUT2D eigenvalue weighted by atomic mass is 9.88. The summed E-state index contributed by atoms with van der Waals surface area (Å²) in [5.41, 5.74) is -6.33. The van der Waals surface area contributed by atoms with E-state index < -0.39 is 39.3 Å². The summed E-state index contributed by atoms with van der Waals surface area (Å²) in [6.45, 7) is 4.85. The van der Waals surface area contributed by atoms with Gasteiger partial charge in [0, 0.05) is 6.42 Å². The number of amides is 1. The van der Waals surface area contributed by atoms with E-state index in [0.29, 0.717) is 0 Å². The average Bonchev–Trinajstić information content (AvgIpc) is 2.45. The first-order valence-electron chi connectivity index (χ1n) is 8.03. The van der Waals surface area contributed by atoms with Crippen molar-refractivity contribution in [2.24, 2.45) is 5.92 Å². The molecule has 0 radical (unpaired) electrons. The Kier molecular flexibility index (Phi) is 7.14. The molecular weight excluding hydrogens is 395 g/mol. The molecule has 12 heteroatoms. The van der Waals surface area contributed by atoms with Gasteiger partial charge in [0.25, 0.3) is 0 Å². The SMILES string of the molecule is CC(C)(C)OC(=O)NC(CC1CC=C(OS(=O)(=O)C(F)(F)F)CC1)C(=O)O. The van der Waals surface area contributed by atoms with Crippen LogP contribution in [0.2, 0.25) is 0 Å². The van der Waals surface area contributed by atoms with Gasteiger partial charge in [-0.2, -0.15) is 21.6 Å². The van der Waals surface area contributed by atoms with Crippen molar-refractivity contribution in [3.05, 3.63) is 11.8 Å². The van der Waals surface area contributed by atoms with E-state index in [4.69, 9.17) is 4.74 Å². The van der Waals surface area contributed by atoms with Gasteiger partial charge in [0.1, 0.15) is 17.4 Å². The van der Waals surface area contributed by atoms with E-state index in [-0.39, 0.29) is 37.4 Å². The van der Waals surface area contributed by atoms with E-state index in [2.05, 4.69) is 9.50 Å². The number of alkyl carbamates (subject to hydrolysis) is 1. The Morgan fingerprint density at radius 2 is 1.93 bits per heavy atom. The van der Waals surface area contributed by atoms with Crippen molar-refractivity contribution in [2.75, 3.05) is 0 Å². The van der Waals surface area contributed by atoms with Crippen molar-refractivity contribution in [2.45, 2.75) is 63.6 Å². The first-order chi connectivity index (χ1) is 12.1. The molecule has 0 aromatic heterocycles. The second-order valence-electron chi connectivity index (χ2n) is 7.07. The summed E-state index contributed by atoms with van der Waals surface area (Å²) in [6, 6.07) is -1.25. The third kappa shape index (κ3) is 7.65. The Hall–Kier alpha value is -1.98. The number of nitrogens with one attached hydrogen (secondary N) is 1. The van der Waals surface area contributed by atoms with E-state index in [1.165, 1.54) is 6.08 Å². The first kappa shape index (κ1) is 23.1. The number of carbonyl (C=O) groups excluding carboxylic acids is 1. The Balaban J connectivity index is 2.66. The number of halogens is 3. The van der Waals surface area contributed by atoms with Crippen molar-refractivity contribution in [1.29, 1.82) is 0 Å². The molecule has 2 unspecified atom stereocenters. The smallest absolute Gasteiger partial charge is 0.480 e. The minimum atomic E-state index is -5.72. The normalized spacial score (nSPS) is 19.6. The summed E-state index contributed by atoms with van der Waals surface area (Å²) >= 11 is 0. The third-order valence-corrected chi connectivity index (χ3v) is 4.54. The van der Waals surface area contributed by atoms with Crippen LogP contribution in [0.3, 0.4) is 0 Å². The number of allylic oxidation sites excluding steroid dienone is 2. The Labute approximate surface area is 154 Å². The number of rotatable bonds is 6. The molecule has 0 bridgehead atoms. The van der Waals surface area contributed by atoms with Crippen molar-refractivity contribution in [1.82, 2.24) is 5.32 Å². The number of carbonyl (C=O) groups is 2. The fourth-order valence-electron chi connectivity index (χ4n) is 2.35. The van der Waals surface area contributed by atoms with E-state index in [0.717, 1.165) is 0 Å². The summed E-state index contributed by atoms with van der Waals surface area (Å²) in [5, 5.41) is 11.5. The topological polar surface area (TPSA) is 119 Å². The van der Waals surface area contributed by atoms with Crippen LogP contribution in [0.1, 0.15) is 46.5 Å². The summed E-state index contributed by atoms with van der Waals surface area (Å²) < 4.78 is 67.9. The molecule has 0 aromatic rings. The van der Waals surface area contributed by atoms with Gasteiger partial charge in [0.2, 0.25) is 0 Å². The summed E-state index contributed by atoms with van der Waals surface area (Å²) in [4.78, 5) is 23.0. The van der Waals surface area contributed by atoms with Gasteiger partial charge in [0.05, 0.1) is 0 Å². The van der Waals surface area contributed by atoms with Crippen LogP contribution in [0.15, 0.2) is 11.8 Å². The lowest BCUT2D eigenvalue weighted by molar-refractivity contribution is -0.140. The Morgan fingerprint density at radius 1 is 1.33 bits per heavy atom. The van der Waals surface area contributed by atoms with Gasteiger partial charge in [-0.15, -0.1) is 0 Å². The molecule has 8 nitrogen and oxygen atoms in total. The van der Waals surface area contributed by atoms with Gasteiger partial charge >= 0.3 is 27.7 Å². The van der Waals surface area contributed by atoms with E-state index in [1.807, 2.05) is 0 Å². The molecule has 1 amide bonds. The van der Waals surface area contributed by atoms with Crippen LogP contribution in [0.25, 0.3) is 0 Å². The molecule has 0 aliphatic heterocycles. The number of carboxylic acids is 1. The van der Waals surface area contributed by atoms with Crippen LogP contribution in [-0.4, -0.2) is 42.7 Å². The second kappa shape index (κ2) is 8.36. The van der Waals surface area contributed by atoms with E-state index in [9.17, 15) is 36.3 Å². The molecule has 0 fully saturated rings. The Bertz CT molecular complexity index is 695. The number of ether oxygens (including phenoxy) is 1. The largest absolute Gasteiger partial charge is 0.534 e. The van der Waals surface area contributed by atoms with Crippen molar-refractivity contribution in [3.8, 4) is 0 Å². The van der Waals surface area contributed by atoms with Gasteiger partial charge in [0.15, 0.2) is 0 Å². The van der Waals surface area contributed by atoms with Crippen molar-refractivity contribution >= 4 is 22.2 Å². The quantitative estimate of drug-likeness (QED) is 0.504. The molecule has 156 valence electrons. The predicted octanol–water partition coefficient (Wildman–Crippen LogP) is 2.90. The van der Waals surface area contributed by atoms with Crippen LogP contribution in [0, 0.1) is 5.92 Å². The fourth-order valence-corrected chi connectivity index (χ4v) is 2.87. The third-order valence-electron chi connectivity index (χ3n) is 3.54. The lowest BCUT2D eigenvalue weighted by Gasteiger charge is -2.26. The highest BCUT2D eigenvalue weighted by Crippen LogP contribution is 2.32. The average molecular weight is 417 g/mol. The molecule has 0 aromatic carbocycles. The number of carboxylic acid groups (broad SMARTS) is 1. The molecule has 0 heterocycles. The molecular formula is C15H22F3NO7S. The number of aliphatic carboxylic acids is 1. The highest BCUT2D eigenvalue weighted by Gasteiger charge is 2.49. The summed E-state index contributed by atoms with van der Waals surface area (Å²) in [5.74, 6) is -1.91. The molecule has 1 aliphatic rings. The standard InChI is InChI=1S/C15H22F3NO7S/c1-14(2,3)25-13(22)19-11(12(20)21)8-9-4-6-10(7-5-9)26-27(23,24)15(16,17)18/h6,9,11H,4-5,7-8H2,1-3H3,(H,19,22)(H,20,21). The molecule has 2 atom stereocenters. The maximum absolute atomic E-state index is 12.3. The molecule has 0 saturated carbocycles. The van der Waals surface area contributed by atoms with Crippen LogP contribution >= 0.6 is 0 Å². The maximum atomic E-state index is 12.3. The van der Waals surface area contributed by atoms with Gasteiger partial charge in [-0.1, -0.05) is 0 Å². The maximum Gasteiger partial charge on any atom is 0.534 e. The zero-order valence-corrected chi connectivity index (χ0v) is 15.8. The molecule has 0 spiro atoms. The Morgan fingerprint density at radius 3 is 2.33 bits per heavy atom. The second-order valence-corrected chi connectivity index (χ2v) is 8.60. The van der Waals surface area contributed by atoms with Crippen molar-refractivity contribution in [3.63, 3.8) is 0 Å². The molecule has 0 saturated heterocycles. The minimum Gasteiger partial charge on any atom is -0.480 e. The molecule has 1 aliphatic carbocycles. The summed E-state index contributed by atoms with van der Waals surface area (Å²) in [7, 11) is -5.72. The minimum absolute atomic E-state index is 0.00434.